The molecule has 0 bridgehead atoms. The number of likely N-dealkylation sites (N-methyl/N-ethyl adjacent to an activating group) is 1. The molecule has 0 radical (unpaired) electrons. The molecular weight excluding hydrogens is 874 g/mol. The monoisotopic (exact) mass is 924 g/mol. The van der Waals surface area contributed by atoms with Crippen molar-refractivity contribution in [1.29, 1.82) is 0 Å². The van der Waals surface area contributed by atoms with Gasteiger partial charge in [0.2, 0.25) is 5.91 Å². The summed E-state index contributed by atoms with van der Waals surface area (Å²) in [5, 5.41) is 9.70. The van der Waals surface area contributed by atoms with Gasteiger partial charge in [-0.2, -0.15) is 40.2 Å². The molecule has 26 heteroatoms. The number of alkyl carbamates (subject to hydrolysis) is 2. The van der Waals surface area contributed by atoms with Crippen molar-refractivity contribution in [3.05, 3.63) is 41.6 Å². The maximum Gasteiger partial charge on any atom is 0.407 e. The summed E-state index contributed by atoms with van der Waals surface area (Å²) in [5.74, 6) is -7.59. The minimum Gasteiger partial charge on any atom is -0.458 e. The Hall–Kier alpha value is -5.40. The van der Waals surface area contributed by atoms with Gasteiger partial charge in [0.05, 0.1) is 43.8 Å². The number of benzene rings is 1. The number of amides is 4. The van der Waals surface area contributed by atoms with Gasteiger partial charge in [0.15, 0.2) is 0 Å². The van der Waals surface area contributed by atoms with Crippen LogP contribution in [-0.2, 0) is 35.1 Å². The number of methoxy groups -OCH3 is 2. The average molecular weight is 925 g/mol. The van der Waals surface area contributed by atoms with Crippen LogP contribution in [0.1, 0.15) is 53.7 Å². The molecule has 63 heavy (non-hydrogen) atoms. The molecule has 1 heterocycles. The van der Waals surface area contributed by atoms with Crippen LogP contribution >= 0.6 is 0 Å². The zero-order valence-electron chi connectivity index (χ0n) is 35.7. The van der Waals surface area contributed by atoms with Crippen molar-refractivity contribution in [1.82, 2.24) is 41.1 Å². The molecule has 0 saturated heterocycles. The summed E-state index contributed by atoms with van der Waals surface area (Å²) in [6, 6.07) is -3.71. The molecule has 2 rings (SSSR count). The summed E-state index contributed by atoms with van der Waals surface area (Å²) in [5.41, 5.74) is -5.67. The minimum atomic E-state index is -5.22. The highest BCUT2D eigenvalue weighted by molar-refractivity contribution is 5.87. The standard InChI is InChI=1S/C37H50F10N8O8/c1-18(2)25(53(7)8)30(58)63-20(15-48-28(56)26(49-32(59)61-9)34(3,4)36(42,43)44)16-54(52-29(57)27(50-33(60)62-10)35(5,6)37(45,46)47)17-21-22(38)13-19(14-23(21)39)24-11-12-55(51-24)31(40)41/h11-14,18,20,25-27,31H,15-17H2,1-10H3,(H,48,56)(H,49,59)(H,50,60)(H,52,57)/t20-,25?,26?,27-/m1/s1. The van der Waals surface area contributed by atoms with Crippen molar-refractivity contribution in [2.45, 2.75) is 91.2 Å². The van der Waals surface area contributed by atoms with Gasteiger partial charge >= 0.3 is 37.1 Å². The molecule has 16 nitrogen and oxygen atoms in total. The SMILES string of the molecule is COC(=O)NC(C(=O)NC[C@H](CN(Cc1c(F)cc(-c2ccn(C(F)F)n2)cc1F)NC(=O)[C@@H](NC(=O)OC)C(C)(C)C(F)(F)F)OC(=O)C(C(C)C)N(C)C)C(C)(C)C(F)(F)F. The van der Waals surface area contributed by atoms with E-state index in [1.165, 1.54) is 19.0 Å². The zero-order valence-corrected chi connectivity index (χ0v) is 35.7. The van der Waals surface area contributed by atoms with Crippen LogP contribution in [0, 0.1) is 28.4 Å². The second kappa shape index (κ2) is 21.3. The zero-order chi connectivity index (χ0) is 48.6. The number of alkyl halides is 8. The molecule has 4 atom stereocenters. The lowest BCUT2D eigenvalue weighted by Gasteiger charge is -2.37. The molecular formula is C37H50F10N8O8. The lowest BCUT2D eigenvalue weighted by Crippen LogP contribution is -2.62. The fraction of sp³-hybridized carbons (Fsp3) is 0.622. The maximum absolute atomic E-state index is 15.8. The van der Waals surface area contributed by atoms with Crippen LogP contribution in [0.5, 0.6) is 0 Å². The number of nitrogens with zero attached hydrogens (tertiary/aromatic N) is 4. The summed E-state index contributed by atoms with van der Waals surface area (Å²) in [4.78, 5) is 66.6. The summed E-state index contributed by atoms with van der Waals surface area (Å²) in [6.45, 7) is -0.845. The Morgan fingerprint density at radius 3 is 1.68 bits per heavy atom. The van der Waals surface area contributed by atoms with Gasteiger partial charge in [-0.25, -0.2) is 28.1 Å². The van der Waals surface area contributed by atoms with E-state index in [9.17, 15) is 59.1 Å². The van der Waals surface area contributed by atoms with Crippen LogP contribution in [0.2, 0.25) is 0 Å². The molecule has 1 aromatic carbocycles. The fourth-order valence-corrected chi connectivity index (χ4v) is 5.91. The number of ether oxygens (including phenoxy) is 3. The molecule has 2 aromatic rings. The highest BCUT2D eigenvalue weighted by Gasteiger charge is 2.57. The molecule has 0 aliphatic rings. The van der Waals surface area contributed by atoms with Gasteiger partial charge in [0.1, 0.15) is 35.9 Å². The van der Waals surface area contributed by atoms with Gasteiger partial charge in [-0.3, -0.25) is 24.7 Å². The third-order valence-corrected chi connectivity index (χ3v) is 9.83. The summed E-state index contributed by atoms with van der Waals surface area (Å²) in [6.07, 6.45) is -14.3. The topological polar surface area (TPSA) is 185 Å². The Bertz CT molecular complexity index is 1890. The Labute approximate surface area is 355 Å². The first-order valence-electron chi connectivity index (χ1n) is 18.6. The largest absolute Gasteiger partial charge is 0.458 e. The third kappa shape index (κ3) is 13.8. The summed E-state index contributed by atoms with van der Waals surface area (Å²) < 4.78 is 158. The van der Waals surface area contributed by atoms with Gasteiger partial charge < -0.3 is 30.2 Å². The van der Waals surface area contributed by atoms with E-state index in [1.54, 1.807) is 24.5 Å². The first kappa shape index (κ1) is 53.7. The molecule has 1 aromatic heterocycles. The number of halogens is 10. The van der Waals surface area contributed by atoms with E-state index < -0.39 is 127 Å². The Kier molecular flexibility index (Phi) is 18.2. The first-order chi connectivity index (χ1) is 28.8. The molecule has 0 saturated carbocycles. The van der Waals surface area contributed by atoms with E-state index >= 15 is 8.78 Å². The van der Waals surface area contributed by atoms with Crippen LogP contribution in [-0.4, -0.2) is 128 Å². The predicted octanol–water partition coefficient (Wildman–Crippen LogP) is 5.30. The molecule has 4 N–H and O–H groups in total. The Morgan fingerprint density at radius 2 is 1.29 bits per heavy atom. The van der Waals surface area contributed by atoms with Crippen molar-refractivity contribution in [2.75, 3.05) is 41.4 Å². The number of carbonyl (C=O) groups excluding carboxylic acids is 5. The number of carbonyl (C=O) groups is 5. The van der Waals surface area contributed by atoms with E-state index in [0.29, 0.717) is 44.8 Å². The van der Waals surface area contributed by atoms with Crippen molar-refractivity contribution >= 4 is 30.0 Å². The van der Waals surface area contributed by atoms with Crippen molar-refractivity contribution < 1.29 is 82.1 Å². The molecule has 0 fully saturated rings. The van der Waals surface area contributed by atoms with E-state index in [0.717, 1.165) is 26.5 Å². The van der Waals surface area contributed by atoms with Crippen LogP contribution in [0.15, 0.2) is 24.4 Å². The second-order valence-corrected chi connectivity index (χ2v) is 15.8. The van der Waals surface area contributed by atoms with Crippen molar-refractivity contribution in [3.8, 4) is 11.3 Å². The summed E-state index contributed by atoms with van der Waals surface area (Å²) >= 11 is 0. The van der Waals surface area contributed by atoms with Crippen molar-refractivity contribution in [2.24, 2.45) is 16.7 Å². The molecule has 2 unspecified atom stereocenters. The minimum absolute atomic E-state index is 0.190. The molecule has 356 valence electrons. The molecule has 4 amide bonds. The van der Waals surface area contributed by atoms with Crippen LogP contribution in [0.4, 0.5) is 53.5 Å². The number of hydrogen-bond donors (Lipinski definition) is 4. The highest BCUT2D eigenvalue weighted by atomic mass is 19.4. The number of hydrazine groups is 1. The maximum atomic E-state index is 15.8. The first-order valence-corrected chi connectivity index (χ1v) is 18.6. The second-order valence-electron chi connectivity index (χ2n) is 15.8. The van der Waals surface area contributed by atoms with E-state index in [4.69, 9.17) is 4.74 Å². The normalized spacial score (nSPS) is 14.5. The molecule has 0 aliphatic heterocycles. The number of aromatic nitrogens is 2. The third-order valence-electron chi connectivity index (χ3n) is 9.83. The molecule has 0 spiro atoms. The van der Waals surface area contributed by atoms with E-state index in [2.05, 4.69) is 19.9 Å². The lowest BCUT2D eigenvalue weighted by atomic mass is 9.83. The number of nitrogens with one attached hydrogen (secondary N) is 4. The van der Waals surface area contributed by atoms with Crippen LogP contribution < -0.4 is 21.4 Å². The van der Waals surface area contributed by atoms with E-state index in [-0.39, 0.29) is 15.9 Å². The van der Waals surface area contributed by atoms with Gasteiger partial charge in [0.25, 0.3) is 5.91 Å². The average Bonchev–Trinajstić information content (AvgIpc) is 3.65. The van der Waals surface area contributed by atoms with Gasteiger partial charge in [-0.15, -0.1) is 0 Å². The smallest absolute Gasteiger partial charge is 0.407 e. The Morgan fingerprint density at radius 1 is 0.810 bits per heavy atom. The van der Waals surface area contributed by atoms with Gasteiger partial charge in [-0.05, 0) is 65.9 Å². The Balaban J connectivity index is 2.80. The number of rotatable bonds is 19. The predicted molar refractivity (Wildman–Crippen MR) is 201 cm³/mol. The number of hydrogen-bond acceptors (Lipinski definition) is 11. The quantitative estimate of drug-likeness (QED) is 0.0621. The van der Waals surface area contributed by atoms with Gasteiger partial charge in [-0.1, -0.05) is 13.8 Å². The van der Waals surface area contributed by atoms with E-state index in [1.807, 2.05) is 5.43 Å². The van der Waals surface area contributed by atoms with Crippen LogP contribution in [0.25, 0.3) is 11.3 Å². The fourth-order valence-electron chi connectivity index (χ4n) is 5.91. The highest BCUT2D eigenvalue weighted by Crippen LogP contribution is 2.41. The van der Waals surface area contributed by atoms with Crippen LogP contribution in [0.3, 0.4) is 0 Å². The summed E-state index contributed by atoms with van der Waals surface area (Å²) in [7, 11) is 4.53. The van der Waals surface area contributed by atoms with Gasteiger partial charge in [0, 0.05) is 23.9 Å². The lowest BCUT2D eigenvalue weighted by molar-refractivity contribution is -0.221. The molecule has 0 aliphatic carbocycles. The van der Waals surface area contributed by atoms with Crippen molar-refractivity contribution in [3.63, 3.8) is 0 Å². The number of esters is 1.